The summed E-state index contributed by atoms with van der Waals surface area (Å²) in [7, 11) is 0. The van der Waals surface area contributed by atoms with Gasteiger partial charge in [-0.2, -0.15) is 5.10 Å². The van der Waals surface area contributed by atoms with Crippen LogP contribution >= 0.6 is 34.7 Å². The van der Waals surface area contributed by atoms with Crippen LogP contribution in [0.15, 0.2) is 70.2 Å². The number of carbonyl (C=O) groups excluding carboxylic acids is 1. The Morgan fingerprint density at radius 3 is 2.56 bits per heavy atom. The average Bonchev–Trinajstić information content (AvgIpc) is 3.40. The Balaban J connectivity index is 1.53. The van der Waals surface area contributed by atoms with Gasteiger partial charge in [0.05, 0.1) is 12.0 Å². The average molecular weight is 482 g/mol. The summed E-state index contributed by atoms with van der Waals surface area (Å²) in [6, 6.07) is 17.5. The predicted molar refractivity (Wildman–Crippen MR) is 132 cm³/mol. The molecule has 0 saturated heterocycles. The maximum atomic E-state index is 12.3. The van der Waals surface area contributed by atoms with Gasteiger partial charge >= 0.3 is 0 Å². The number of aromatic nitrogens is 3. The Kier molecular flexibility index (Phi) is 7.04. The molecule has 0 aliphatic rings. The molecule has 0 aliphatic carbocycles. The van der Waals surface area contributed by atoms with Gasteiger partial charge in [-0.25, -0.2) is 5.43 Å². The number of aryl methyl sites for hydroxylation is 2. The molecule has 2 aromatic heterocycles. The number of amides is 1. The van der Waals surface area contributed by atoms with E-state index in [1.807, 2.05) is 78.4 Å². The smallest absolute Gasteiger partial charge is 0.250 e. The summed E-state index contributed by atoms with van der Waals surface area (Å²) >= 11 is 8.95. The third-order valence-electron chi connectivity index (χ3n) is 4.63. The van der Waals surface area contributed by atoms with Crippen LogP contribution in [-0.2, 0) is 4.79 Å². The summed E-state index contributed by atoms with van der Waals surface area (Å²) in [5.74, 6) is 0.629. The van der Waals surface area contributed by atoms with E-state index in [0.29, 0.717) is 16.0 Å². The molecule has 0 fully saturated rings. The fourth-order valence-corrected chi connectivity index (χ4v) is 4.57. The van der Waals surface area contributed by atoms with Crippen molar-refractivity contribution in [1.29, 1.82) is 0 Å². The van der Waals surface area contributed by atoms with E-state index in [-0.39, 0.29) is 11.7 Å². The normalized spacial score (nSPS) is 11.2. The summed E-state index contributed by atoms with van der Waals surface area (Å²) in [5, 5.41) is 16.0. The van der Waals surface area contributed by atoms with E-state index in [4.69, 9.17) is 11.6 Å². The lowest BCUT2D eigenvalue weighted by molar-refractivity contribution is -0.118. The SMILES string of the molecule is Cc1ccc(-c2nnc(SCC(=O)N/N=C\c3sccc3C)n2-c2ccc(Cl)cc2)cc1. The second-order valence-electron chi connectivity index (χ2n) is 7.03. The van der Waals surface area contributed by atoms with Crippen molar-refractivity contribution in [3.8, 4) is 17.1 Å². The van der Waals surface area contributed by atoms with Crippen LogP contribution < -0.4 is 5.43 Å². The molecule has 6 nitrogen and oxygen atoms in total. The van der Waals surface area contributed by atoms with Crippen molar-refractivity contribution in [1.82, 2.24) is 20.2 Å². The molecule has 4 aromatic rings. The zero-order chi connectivity index (χ0) is 22.5. The molecular weight excluding hydrogens is 462 g/mol. The van der Waals surface area contributed by atoms with Gasteiger partial charge in [0.2, 0.25) is 0 Å². The summed E-state index contributed by atoms with van der Waals surface area (Å²) in [6.07, 6.45) is 1.66. The van der Waals surface area contributed by atoms with E-state index in [2.05, 4.69) is 20.7 Å². The highest BCUT2D eigenvalue weighted by Gasteiger charge is 2.17. The first-order valence-electron chi connectivity index (χ1n) is 9.78. The molecule has 32 heavy (non-hydrogen) atoms. The van der Waals surface area contributed by atoms with Crippen LogP contribution in [0.25, 0.3) is 17.1 Å². The van der Waals surface area contributed by atoms with Crippen molar-refractivity contribution in [3.05, 3.63) is 81.0 Å². The first kappa shape index (κ1) is 22.3. The summed E-state index contributed by atoms with van der Waals surface area (Å²) < 4.78 is 1.93. The van der Waals surface area contributed by atoms with Crippen molar-refractivity contribution in [2.24, 2.45) is 5.10 Å². The zero-order valence-corrected chi connectivity index (χ0v) is 19.8. The minimum atomic E-state index is -0.219. The number of halogens is 1. The molecule has 0 aliphatic heterocycles. The highest BCUT2D eigenvalue weighted by atomic mass is 35.5. The second kappa shape index (κ2) is 10.1. The van der Waals surface area contributed by atoms with Crippen molar-refractivity contribution in [2.75, 3.05) is 5.75 Å². The molecule has 1 amide bonds. The molecule has 0 unspecified atom stereocenters. The lowest BCUT2D eigenvalue weighted by Gasteiger charge is -2.10. The monoisotopic (exact) mass is 481 g/mol. The van der Waals surface area contributed by atoms with Gasteiger partial charge in [0.25, 0.3) is 5.91 Å². The van der Waals surface area contributed by atoms with Gasteiger partial charge in [-0.15, -0.1) is 21.5 Å². The number of hydrogen-bond acceptors (Lipinski definition) is 6. The Morgan fingerprint density at radius 2 is 1.88 bits per heavy atom. The van der Waals surface area contributed by atoms with Gasteiger partial charge in [-0.3, -0.25) is 9.36 Å². The van der Waals surface area contributed by atoms with E-state index in [0.717, 1.165) is 27.3 Å². The summed E-state index contributed by atoms with van der Waals surface area (Å²) in [6.45, 7) is 4.04. The van der Waals surface area contributed by atoms with Crippen LogP contribution in [-0.4, -0.2) is 32.6 Å². The molecule has 0 bridgehead atoms. The maximum absolute atomic E-state index is 12.3. The minimum Gasteiger partial charge on any atom is -0.272 e. The molecule has 2 heterocycles. The first-order valence-corrected chi connectivity index (χ1v) is 12.0. The Hall–Kier alpha value is -2.94. The third kappa shape index (κ3) is 5.27. The van der Waals surface area contributed by atoms with Crippen LogP contribution in [0.1, 0.15) is 16.0 Å². The predicted octanol–water partition coefficient (Wildman–Crippen LogP) is 5.51. The van der Waals surface area contributed by atoms with Gasteiger partial charge in [0.1, 0.15) is 0 Å². The lowest BCUT2D eigenvalue weighted by Crippen LogP contribution is -2.20. The molecule has 0 atom stereocenters. The molecule has 9 heteroatoms. The number of nitrogens with one attached hydrogen (secondary N) is 1. The standard InChI is InChI=1S/C23H20ClN5OS2/c1-15-3-5-17(6-4-15)22-27-28-23(29(22)19-9-7-18(24)8-10-19)32-14-21(30)26-25-13-20-16(2)11-12-31-20/h3-13H,14H2,1-2H3,(H,26,30)/b25-13-. The van der Waals surface area contributed by atoms with Gasteiger partial charge in [-0.1, -0.05) is 53.2 Å². The zero-order valence-electron chi connectivity index (χ0n) is 17.4. The van der Waals surface area contributed by atoms with Crippen LogP contribution in [0.3, 0.4) is 0 Å². The number of hydrogen-bond donors (Lipinski definition) is 1. The Bertz CT molecular complexity index is 1250. The third-order valence-corrected chi connectivity index (χ3v) is 6.77. The van der Waals surface area contributed by atoms with Gasteiger partial charge in [-0.05, 0) is 55.1 Å². The fraction of sp³-hybridized carbons (Fsp3) is 0.130. The van der Waals surface area contributed by atoms with E-state index in [1.165, 1.54) is 11.8 Å². The number of hydrazone groups is 1. The number of thioether (sulfide) groups is 1. The maximum Gasteiger partial charge on any atom is 0.250 e. The van der Waals surface area contributed by atoms with Gasteiger partial charge in [0.15, 0.2) is 11.0 Å². The Morgan fingerprint density at radius 1 is 1.12 bits per heavy atom. The number of thiophene rings is 1. The molecule has 0 spiro atoms. The van der Waals surface area contributed by atoms with E-state index >= 15 is 0 Å². The first-order chi connectivity index (χ1) is 15.5. The highest BCUT2D eigenvalue weighted by molar-refractivity contribution is 7.99. The van der Waals surface area contributed by atoms with Crippen molar-refractivity contribution in [3.63, 3.8) is 0 Å². The minimum absolute atomic E-state index is 0.153. The number of carbonyl (C=O) groups is 1. The number of nitrogens with zero attached hydrogens (tertiary/aromatic N) is 4. The van der Waals surface area contributed by atoms with Crippen molar-refractivity contribution >= 4 is 46.8 Å². The molecule has 0 radical (unpaired) electrons. The van der Waals surface area contributed by atoms with Crippen LogP contribution in [0, 0.1) is 13.8 Å². The molecule has 162 valence electrons. The number of benzene rings is 2. The Labute approximate surface area is 199 Å². The quantitative estimate of drug-likeness (QED) is 0.214. The topological polar surface area (TPSA) is 72.2 Å². The number of rotatable bonds is 7. The van der Waals surface area contributed by atoms with Crippen molar-refractivity contribution in [2.45, 2.75) is 19.0 Å². The summed E-state index contributed by atoms with van der Waals surface area (Å²) in [5.41, 5.74) is 6.66. The van der Waals surface area contributed by atoms with E-state index < -0.39 is 0 Å². The van der Waals surface area contributed by atoms with Crippen LogP contribution in [0.2, 0.25) is 5.02 Å². The highest BCUT2D eigenvalue weighted by Crippen LogP contribution is 2.28. The van der Waals surface area contributed by atoms with Gasteiger partial charge in [0, 0.05) is 21.2 Å². The van der Waals surface area contributed by atoms with E-state index in [1.54, 1.807) is 17.6 Å². The molecule has 2 aromatic carbocycles. The second-order valence-corrected chi connectivity index (χ2v) is 9.36. The van der Waals surface area contributed by atoms with Crippen LogP contribution in [0.5, 0.6) is 0 Å². The lowest BCUT2D eigenvalue weighted by atomic mass is 10.1. The molecular formula is C23H20ClN5OS2. The van der Waals surface area contributed by atoms with Gasteiger partial charge < -0.3 is 0 Å². The fourth-order valence-electron chi connectivity index (χ4n) is 2.92. The molecule has 4 rings (SSSR count). The molecule has 1 N–H and O–H groups in total. The molecule has 0 saturated carbocycles. The van der Waals surface area contributed by atoms with Crippen LogP contribution in [0.4, 0.5) is 0 Å². The largest absolute Gasteiger partial charge is 0.272 e. The summed E-state index contributed by atoms with van der Waals surface area (Å²) in [4.78, 5) is 13.3. The van der Waals surface area contributed by atoms with Crippen molar-refractivity contribution < 1.29 is 4.79 Å². The van der Waals surface area contributed by atoms with E-state index in [9.17, 15) is 4.79 Å².